The Hall–Kier alpha value is -2.70. The minimum absolute atomic E-state index is 0. The second-order valence-electron chi connectivity index (χ2n) is 5.56. The van der Waals surface area contributed by atoms with Gasteiger partial charge < -0.3 is 15.2 Å². The molecular formula is C20H17ClF3NO2. The summed E-state index contributed by atoms with van der Waals surface area (Å²) in [6.07, 6.45) is -4.55. The van der Waals surface area contributed by atoms with Crippen molar-refractivity contribution in [2.24, 2.45) is 5.73 Å². The second kappa shape index (κ2) is 8.79. The fourth-order valence-corrected chi connectivity index (χ4v) is 2.30. The van der Waals surface area contributed by atoms with Crippen molar-refractivity contribution in [2.75, 3.05) is 0 Å². The van der Waals surface area contributed by atoms with Crippen LogP contribution in [0.5, 0.6) is 23.0 Å². The summed E-state index contributed by atoms with van der Waals surface area (Å²) in [4.78, 5) is 0. The Morgan fingerprint density at radius 1 is 0.704 bits per heavy atom. The van der Waals surface area contributed by atoms with E-state index in [1.165, 1.54) is 18.2 Å². The van der Waals surface area contributed by atoms with Crippen LogP contribution in [-0.2, 0) is 0 Å². The first-order valence-electron chi connectivity index (χ1n) is 7.85. The minimum atomic E-state index is -4.55. The van der Waals surface area contributed by atoms with E-state index < -0.39 is 12.2 Å². The molecule has 0 saturated heterocycles. The van der Waals surface area contributed by atoms with Crippen molar-refractivity contribution in [1.82, 2.24) is 0 Å². The predicted molar refractivity (Wildman–Crippen MR) is 99.7 cm³/mol. The topological polar surface area (TPSA) is 44.5 Å². The van der Waals surface area contributed by atoms with Crippen LogP contribution in [0.1, 0.15) is 11.6 Å². The van der Waals surface area contributed by atoms with Gasteiger partial charge in [-0.05, 0) is 42.0 Å². The maximum Gasteiger partial charge on any atom is 0.407 e. The zero-order chi connectivity index (χ0) is 18.6. The van der Waals surface area contributed by atoms with Gasteiger partial charge in [-0.2, -0.15) is 13.2 Å². The molecule has 0 unspecified atom stereocenters. The zero-order valence-electron chi connectivity index (χ0n) is 14.0. The summed E-state index contributed by atoms with van der Waals surface area (Å²) in [5.41, 5.74) is 5.21. The molecule has 3 nitrogen and oxygen atoms in total. The molecule has 3 aromatic carbocycles. The Morgan fingerprint density at radius 2 is 1.19 bits per heavy atom. The molecule has 2 N–H and O–H groups in total. The smallest absolute Gasteiger partial charge is 0.407 e. The molecule has 142 valence electrons. The molecule has 0 aliphatic heterocycles. The van der Waals surface area contributed by atoms with E-state index in [-0.39, 0.29) is 29.5 Å². The summed E-state index contributed by atoms with van der Waals surface area (Å²) in [7, 11) is 0. The number of nitrogens with two attached hydrogens (primary N) is 1. The Kier molecular flexibility index (Phi) is 6.71. The fourth-order valence-electron chi connectivity index (χ4n) is 2.30. The van der Waals surface area contributed by atoms with Gasteiger partial charge in [0.1, 0.15) is 17.5 Å². The van der Waals surface area contributed by atoms with Gasteiger partial charge in [-0.25, -0.2) is 0 Å². The summed E-state index contributed by atoms with van der Waals surface area (Å²) in [5.74, 6) is 1.46. The highest BCUT2D eigenvalue weighted by Gasteiger charge is 2.38. The maximum atomic E-state index is 12.9. The SMILES string of the molecule is Cl.N[C@H](c1ccc(Oc2ccccc2)c(Oc2ccccc2)c1)C(F)(F)F. The lowest BCUT2D eigenvalue weighted by molar-refractivity contribution is -0.149. The van der Waals surface area contributed by atoms with Gasteiger partial charge in [-0.3, -0.25) is 0 Å². The normalized spacial score (nSPS) is 12.0. The predicted octanol–water partition coefficient (Wildman–Crippen LogP) is 6.26. The fraction of sp³-hybridized carbons (Fsp3) is 0.100. The summed E-state index contributed by atoms with van der Waals surface area (Å²) in [6.45, 7) is 0. The lowest BCUT2D eigenvalue weighted by Gasteiger charge is -2.18. The molecule has 0 saturated carbocycles. The average molecular weight is 396 g/mol. The Labute approximate surface area is 160 Å². The van der Waals surface area contributed by atoms with Crippen molar-refractivity contribution in [3.8, 4) is 23.0 Å². The largest absolute Gasteiger partial charge is 0.453 e. The van der Waals surface area contributed by atoms with Gasteiger partial charge in [-0.1, -0.05) is 42.5 Å². The molecule has 27 heavy (non-hydrogen) atoms. The molecule has 0 spiro atoms. The van der Waals surface area contributed by atoms with Crippen LogP contribution in [0.3, 0.4) is 0 Å². The van der Waals surface area contributed by atoms with Crippen molar-refractivity contribution in [2.45, 2.75) is 12.2 Å². The Balaban J connectivity index is 0.00000261. The number of benzene rings is 3. The molecule has 7 heteroatoms. The van der Waals surface area contributed by atoms with Gasteiger partial charge in [0.25, 0.3) is 0 Å². The summed E-state index contributed by atoms with van der Waals surface area (Å²) in [6, 6.07) is 19.5. The van der Waals surface area contributed by atoms with Crippen LogP contribution in [0.2, 0.25) is 0 Å². The van der Waals surface area contributed by atoms with E-state index in [0.29, 0.717) is 11.5 Å². The lowest BCUT2D eigenvalue weighted by Crippen LogP contribution is -2.28. The molecule has 0 fully saturated rings. The van der Waals surface area contributed by atoms with Gasteiger partial charge in [0, 0.05) is 0 Å². The second-order valence-corrected chi connectivity index (χ2v) is 5.56. The third-order valence-electron chi connectivity index (χ3n) is 3.62. The van der Waals surface area contributed by atoms with Crippen LogP contribution in [0.15, 0.2) is 78.9 Å². The lowest BCUT2D eigenvalue weighted by atomic mass is 10.1. The number of ether oxygens (including phenoxy) is 2. The zero-order valence-corrected chi connectivity index (χ0v) is 14.8. The minimum Gasteiger partial charge on any atom is -0.453 e. The third kappa shape index (κ3) is 5.39. The quantitative estimate of drug-likeness (QED) is 0.555. The van der Waals surface area contributed by atoms with E-state index in [9.17, 15) is 13.2 Å². The van der Waals surface area contributed by atoms with Crippen LogP contribution in [0.4, 0.5) is 13.2 Å². The van der Waals surface area contributed by atoms with E-state index in [2.05, 4.69) is 0 Å². The first kappa shape index (κ1) is 20.6. The summed E-state index contributed by atoms with van der Waals surface area (Å²) in [5, 5.41) is 0. The van der Waals surface area contributed by atoms with Crippen LogP contribution >= 0.6 is 12.4 Å². The van der Waals surface area contributed by atoms with Gasteiger partial charge in [-0.15, -0.1) is 12.4 Å². The molecule has 0 bridgehead atoms. The van der Waals surface area contributed by atoms with Gasteiger partial charge in [0.15, 0.2) is 11.5 Å². The highest BCUT2D eigenvalue weighted by Crippen LogP contribution is 2.39. The number of hydrogen-bond acceptors (Lipinski definition) is 3. The first-order valence-corrected chi connectivity index (χ1v) is 7.85. The van der Waals surface area contributed by atoms with Crippen LogP contribution < -0.4 is 15.2 Å². The number of rotatable bonds is 5. The van der Waals surface area contributed by atoms with Crippen LogP contribution in [-0.4, -0.2) is 6.18 Å². The van der Waals surface area contributed by atoms with Gasteiger partial charge in [0.2, 0.25) is 0 Å². The molecule has 3 rings (SSSR count). The Morgan fingerprint density at radius 3 is 1.67 bits per heavy atom. The van der Waals surface area contributed by atoms with Crippen LogP contribution in [0, 0.1) is 0 Å². The van der Waals surface area contributed by atoms with Crippen molar-refractivity contribution in [1.29, 1.82) is 0 Å². The monoisotopic (exact) mass is 395 g/mol. The number of hydrogen-bond donors (Lipinski definition) is 1. The highest BCUT2D eigenvalue weighted by molar-refractivity contribution is 5.85. The van der Waals surface area contributed by atoms with E-state index in [1.807, 2.05) is 12.1 Å². The maximum absolute atomic E-state index is 12.9. The van der Waals surface area contributed by atoms with E-state index in [1.54, 1.807) is 48.5 Å². The molecule has 0 aliphatic rings. The molecule has 0 heterocycles. The molecule has 0 amide bonds. The molecule has 0 aliphatic carbocycles. The van der Waals surface area contributed by atoms with Crippen molar-refractivity contribution in [3.63, 3.8) is 0 Å². The summed E-state index contributed by atoms with van der Waals surface area (Å²) >= 11 is 0. The number of halogens is 4. The molecule has 0 aromatic heterocycles. The van der Waals surface area contributed by atoms with Crippen molar-refractivity contribution in [3.05, 3.63) is 84.4 Å². The van der Waals surface area contributed by atoms with E-state index in [0.717, 1.165) is 0 Å². The molecule has 0 radical (unpaired) electrons. The summed E-state index contributed by atoms with van der Waals surface area (Å²) < 4.78 is 50.3. The third-order valence-corrected chi connectivity index (χ3v) is 3.62. The number of para-hydroxylation sites is 2. The van der Waals surface area contributed by atoms with Crippen molar-refractivity contribution >= 4 is 12.4 Å². The molecular weight excluding hydrogens is 379 g/mol. The van der Waals surface area contributed by atoms with Crippen LogP contribution in [0.25, 0.3) is 0 Å². The first-order chi connectivity index (χ1) is 12.4. The standard InChI is InChI=1S/C20H16F3NO2.ClH/c21-20(22,23)19(24)14-11-12-17(25-15-7-3-1-4-8-15)18(13-14)26-16-9-5-2-6-10-16;/h1-13,19H,24H2;1H/t19-;/m1./s1. The van der Waals surface area contributed by atoms with E-state index >= 15 is 0 Å². The molecule has 1 atom stereocenters. The van der Waals surface area contributed by atoms with Gasteiger partial charge in [0.05, 0.1) is 0 Å². The molecule has 3 aromatic rings. The Bertz CT molecular complexity index is 858. The van der Waals surface area contributed by atoms with Crippen molar-refractivity contribution < 1.29 is 22.6 Å². The van der Waals surface area contributed by atoms with E-state index in [4.69, 9.17) is 15.2 Å². The highest BCUT2D eigenvalue weighted by atomic mass is 35.5. The number of alkyl halides is 3. The average Bonchev–Trinajstić information content (AvgIpc) is 2.63. The van der Waals surface area contributed by atoms with Gasteiger partial charge >= 0.3 is 6.18 Å².